The van der Waals surface area contributed by atoms with E-state index in [0.29, 0.717) is 5.82 Å². The van der Waals surface area contributed by atoms with Gasteiger partial charge in [0.05, 0.1) is 0 Å². The number of aromatic nitrogens is 2. The average molecular weight is 210 g/mol. The summed E-state index contributed by atoms with van der Waals surface area (Å²) < 4.78 is 7.02. The molecule has 0 aromatic carbocycles. The summed E-state index contributed by atoms with van der Waals surface area (Å²) in [4.78, 5) is 16.1. The van der Waals surface area contributed by atoms with E-state index in [-0.39, 0.29) is 11.7 Å². The Hall–Kier alpha value is -1.16. The lowest BCUT2D eigenvalue weighted by Gasteiger charge is -2.17. The van der Waals surface area contributed by atoms with Gasteiger partial charge in [-0.05, 0) is 12.8 Å². The first-order chi connectivity index (χ1) is 7.11. The number of ketones is 1. The van der Waals surface area contributed by atoms with Crippen molar-refractivity contribution in [3.63, 3.8) is 0 Å². The lowest BCUT2D eigenvalue weighted by Crippen LogP contribution is -2.30. The highest BCUT2D eigenvalue weighted by molar-refractivity contribution is 5.96. The maximum atomic E-state index is 12.0. The Morgan fingerprint density at radius 2 is 2.27 bits per heavy atom. The van der Waals surface area contributed by atoms with E-state index in [1.165, 1.54) is 0 Å². The van der Waals surface area contributed by atoms with E-state index >= 15 is 0 Å². The minimum Gasteiger partial charge on any atom is -0.373 e. The molecule has 0 saturated carbocycles. The van der Waals surface area contributed by atoms with Crippen LogP contribution in [0.25, 0.3) is 0 Å². The lowest BCUT2D eigenvalue weighted by atomic mass is 10.0. The number of imidazole rings is 1. The quantitative estimate of drug-likeness (QED) is 0.695. The van der Waals surface area contributed by atoms with Gasteiger partial charge in [0.1, 0.15) is 6.10 Å². The molecule has 0 bridgehead atoms. The summed E-state index contributed by atoms with van der Waals surface area (Å²) in [5.74, 6) is 0.599. The minimum absolute atomic E-state index is 0.0423. The summed E-state index contributed by atoms with van der Waals surface area (Å²) in [6.45, 7) is 6.65. The third-order valence-corrected chi connectivity index (χ3v) is 2.39. The van der Waals surface area contributed by atoms with E-state index < -0.39 is 6.10 Å². The largest absolute Gasteiger partial charge is 0.373 e. The van der Waals surface area contributed by atoms with Crippen LogP contribution in [0, 0.1) is 5.92 Å². The fourth-order valence-electron chi connectivity index (χ4n) is 1.60. The molecule has 4 heteroatoms. The number of ether oxygens (including phenoxy) is 1. The molecule has 1 atom stereocenters. The van der Waals surface area contributed by atoms with Gasteiger partial charge in [0.15, 0.2) is 5.82 Å². The molecule has 1 aromatic heterocycles. The zero-order valence-corrected chi connectivity index (χ0v) is 9.73. The van der Waals surface area contributed by atoms with E-state index in [1.54, 1.807) is 19.5 Å². The number of hydrogen-bond donors (Lipinski definition) is 0. The molecule has 1 rings (SSSR count). The third-order valence-electron chi connectivity index (χ3n) is 2.39. The molecule has 0 spiro atoms. The molecule has 1 heterocycles. The van der Waals surface area contributed by atoms with E-state index in [9.17, 15) is 4.79 Å². The van der Waals surface area contributed by atoms with Crippen molar-refractivity contribution in [1.29, 1.82) is 0 Å². The molecule has 0 aliphatic rings. The first-order valence-electron chi connectivity index (χ1n) is 5.20. The maximum Gasteiger partial charge on any atom is 0.227 e. The molecular formula is C11H18N2O2. The normalized spacial score (nSPS) is 13.1. The van der Waals surface area contributed by atoms with Crippen LogP contribution < -0.4 is 0 Å². The van der Waals surface area contributed by atoms with Gasteiger partial charge in [0.2, 0.25) is 5.78 Å². The zero-order chi connectivity index (χ0) is 11.4. The van der Waals surface area contributed by atoms with Gasteiger partial charge in [-0.2, -0.15) is 0 Å². The van der Waals surface area contributed by atoms with Crippen molar-refractivity contribution in [2.45, 2.75) is 33.4 Å². The lowest BCUT2D eigenvalue weighted by molar-refractivity contribution is 0.0444. The molecule has 0 aliphatic carbocycles. The second kappa shape index (κ2) is 5.07. The molecule has 4 nitrogen and oxygen atoms in total. The Balaban J connectivity index is 2.92. The fourth-order valence-corrected chi connectivity index (χ4v) is 1.60. The summed E-state index contributed by atoms with van der Waals surface area (Å²) in [5.41, 5.74) is 0. The van der Waals surface area contributed by atoms with Crippen LogP contribution >= 0.6 is 0 Å². The predicted octanol–water partition coefficient (Wildman–Crippen LogP) is 1.76. The van der Waals surface area contributed by atoms with Crippen molar-refractivity contribution in [3.8, 4) is 0 Å². The molecule has 0 N–H and O–H groups in total. The van der Waals surface area contributed by atoms with Crippen LogP contribution in [0.1, 0.15) is 31.4 Å². The number of aryl methyl sites for hydroxylation is 1. The van der Waals surface area contributed by atoms with Crippen LogP contribution in [-0.2, 0) is 11.3 Å². The van der Waals surface area contributed by atoms with Gasteiger partial charge in [-0.1, -0.05) is 13.8 Å². The number of carbonyl (C=O) groups is 1. The Bertz CT molecular complexity index is 331. The van der Waals surface area contributed by atoms with Gasteiger partial charge in [-0.15, -0.1) is 0 Å². The molecule has 0 radical (unpaired) electrons. The molecule has 0 fully saturated rings. The van der Waals surface area contributed by atoms with E-state index in [4.69, 9.17) is 4.74 Å². The summed E-state index contributed by atoms with van der Waals surface area (Å²) in [6.07, 6.45) is 3.04. The van der Waals surface area contributed by atoms with Crippen molar-refractivity contribution < 1.29 is 9.53 Å². The van der Waals surface area contributed by atoms with Crippen LogP contribution in [0.15, 0.2) is 12.4 Å². The number of nitrogens with zero attached hydrogens (tertiary/aromatic N) is 2. The van der Waals surface area contributed by atoms with Crippen LogP contribution in [0.2, 0.25) is 0 Å². The monoisotopic (exact) mass is 210 g/mol. The SMILES string of the molecule is CCn1ccnc1C(=O)C(OC)C(C)C. The van der Waals surface area contributed by atoms with Crippen molar-refractivity contribution in [2.75, 3.05) is 7.11 Å². The summed E-state index contributed by atoms with van der Waals surface area (Å²) in [7, 11) is 1.56. The Labute approximate surface area is 90.3 Å². The van der Waals surface area contributed by atoms with Crippen LogP contribution in [0.3, 0.4) is 0 Å². The number of carbonyl (C=O) groups excluding carboxylic acids is 1. The van der Waals surface area contributed by atoms with Crippen molar-refractivity contribution in [2.24, 2.45) is 5.92 Å². The molecule has 84 valence electrons. The first kappa shape index (κ1) is 11.9. The molecule has 1 unspecified atom stereocenters. The second-order valence-corrected chi connectivity index (χ2v) is 3.80. The highest BCUT2D eigenvalue weighted by Gasteiger charge is 2.26. The number of Topliss-reactive ketones (excluding diaryl/α,β-unsaturated/α-hetero) is 1. The van der Waals surface area contributed by atoms with E-state index in [0.717, 1.165) is 6.54 Å². The number of methoxy groups -OCH3 is 1. The molecular weight excluding hydrogens is 192 g/mol. The van der Waals surface area contributed by atoms with Gasteiger partial charge in [0.25, 0.3) is 0 Å². The number of hydrogen-bond acceptors (Lipinski definition) is 3. The zero-order valence-electron chi connectivity index (χ0n) is 9.73. The molecule has 1 aromatic rings. The summed E-state index contributed by atoms with van der Waals surface area (Å²) >= 11 is 0. The Kier molecular flexibility index (Phi) is 4.03. The minimum atomic E-state index is -0.405. The van der Waals surface area contributed by atoms with Gasteiger partial charge >= 0.3 is 0 Å². The maximum absolute atomic E-state index is 12.0. The van der Waals surface area contributed by atoms with Gasteiger partial charge in [-0.25, -0.2) is 4.98 Å². The van der Waals surface area contributed by atoms with Gasteiger partial charge in [-0.3, -0.25) is 4.79 Å². The standard InChI is InChI=1S/C11H18N2O2/c1-5-13-7-6-12-11(13)9(14)10(15-4)8(2)3/h6-8,10H,5H2,1-4H3. The third kappa shape index (κ3) is 2.45. The highest BCUT2D eigenvalue weighted by atomic mass is 16.5. The van der Waals surface area contributed by atoms with Crippen LogP contribution in [0.4, 0.5) is 0 Å². The Morgan fingerprint density at radius 1 is 1.60 bits per heavy atom. The van der Waals surface area contributed by atoms with Crippen molar-refractivity contribution in [1.82, 2.24) is 9.55 Å². The first-order valence-corrected chi connectivity index (χ1v) is 5.20. The smallest absolute Gasteiger partial charge is 0.227 e. The highest BCUT2D eigenvalue weighted by Crippen LogP contribution is 2.12. The summed E-state index contributed by atoms with van der Waals surface area (Å²) in [6, 6.07) is 0. The van der Waals surface area contributed by atoms with E-state index in [1.807, 2.05) is 25.3 Å². The summed E-state index contributed by atoms with van der Waals surface area (Å²) in [5, 5.41) is 0. The Morgan fingerprint density at radius 3 is 2.73 bits per heavy atom. The van der Waals surface area contributed by atoms with Crippen LogP contribution in [-0.4, -0.2) is 28.5 Å². The topological polar surface area (TPSA) is 44.1 Å². The molecule has 0 amide bonds. The predicted molar refractivity (Wildman–Crippen MR) is 57.9 cm³/mol. The molecule has 15 heavy (non-hydrogen) atoms. The van der Waals surface area contributed by atoms with Gasteiger partial charge in [0, 0.05) is 26.0 Å². The average Bonchev–Trinajstić information content (AvgIpc) is 2.65. The van der Waals surface area contributed by atoms with Gasteiger partial charge < -0.3 is 9.30 Å². The fraction of sp³-hybridized carbons (Fsp3) is 0.636. The van der Waals surface area contributed by atoms with Crippen molar-refractivity contribution >= 4 is 5.78 Å². The number of rotatable bonds is 5. The van der Waals surface area contributed by atoms with E-state index in [2.05, 4.69) is 4.98 Å². The van der Waals surface area contributed by atoms with Crippen LogP contribution in [0.5, 0.6) is 0 Å². The molecule has 0 aliphatic heterocycles. The second-order valence-electron chi connectivity index (χ2n) is 3.80. The molecule has 0 saturated heterocycles. The van der Waals surface area contributed by atoms with Crippen molar-refractivity contribution in [3.05, 3.63) is 18.2 Å².